The Morgan fingerprint density at radius 3 is 2.95 bits per heavy atom. The molecule has 2 aromatic rings. The van der Waals surface area contributed by atoms with Gasteiger partial charge in [0.25, 0.3) is 0 Å². The van der Waals surface area contributed by atoms with Crippen molar-refractivity contribution in [3.63, 3.8) is 0 Å². The number of benzene rings is 1. The fourth-order valence-electron chi connectivity index (χ4n) is 2.85. The van der Waals surface area contributed by atoms with Gasteiger partial charge in [0.15, 0.2) is 17.3 Å². The van der Waals surface area contributed by atoms with Crippen molar-refractivity contribution in [1.82, 2.24) is 9.97 Å². The number of ether oxygens (including phenoxy) is 3. The number of nitrogen functional groups attached to an aromatic ring is 1. The summed E-state index contributed by atoms with van der Waals surface area (Å²) in [6.45, 7) is 0.197. The summed E-state index contributed by atoms with van der Waals surface area (Å²) in [4.78, 5) is 9.07. The van der Waals surface area contributed by atoms with Gasteiger partial charge >= 0.3 is 0 Å². The van der Waals surface area contributed by atoms with Crippen molar-refractivity contribution in [3.8, 4) is 28.6 Å². The van der Waals surface area contributed by atoms with Gasteiger partial charge in [-0.25, -0.2) is 9.97 Å². The molecule has 2 N–H and O–H groups in total. The Bertz CT molecular complexity index is 731. The number of nitrogens with two attached hydrogens (primary N) is 1. The first kappa shape index (κ1) is 12.3. The van der Waals surface area contributed by atoms with Crippen LogP contribution in [0.3, 0.4) is 0 Å². The number of anilines is 1. The summed E-state index contributed by atoms with van der Waals surface area (Å²) in [6, 6.07) is 3.71. The second-order valence-electron chi connectivity index (χ2n) is 5.12. The molecule has 21 heavy (non-hydrogen) atoms. The van der Waals surface area contributed by atoms with Crippen LogP contribution in [0.15, 0.2) is 12.1 Å². The number of methoxy groups -OCH3 is 1. The number of rotatable bonds is 2. The van der Waals surface area contributed by atoms with Crippen LogP contribution in [0.4, 0.5) is 5.82 Å². The molecule has 6 nitrogen and oxygen atoms in total. The minimum atomic E-state index is 0.197. The van der Waals surface area contributed by atoms with Crippen LogP contribution in [0, 0.1) is 0 Å². The van der Waals surface area contributed by atoms with Crippen LogP contribution in [0.1, 0.15) is 17.7 Å². The SMILES string of the molecule is COc1cc(-c2nc(N)c3c(n2)CCC3)cc2c1OCO2. The molecule has 1 aromatic heterocycles. The van der Waals surface area contributed by atoms with E-state index in [1.165, 1.54) is 0 Å². The van der Waals surface area contributed by atoms with Gasteiger partial charge in [0.1, 0.15) is 5.82 Å². The van der Waals surface area contributed by atoms with Gasteiger partial charge in [-0.05, 0) is 31.4 Å². The van der Waals surface area contributed by atoms with Crippen molar-refractivity contribution in [2.75, 3.05) is 19.6 Å². The van der Waals surface area contributed by atoms with Crippen molar-refractivity contribution in [2.24, 2.45) is 0 Å². The first-order valence-electron chi connectivity index (χ1n) is 6.89. The summed E-state index contributed by atoms with van der Waals surface area (Å²) in [5, 5.41) is 0. The molecule has 0 bridgehead atoms. The van der Waals surface area contributed by atoms with Crippen LogP contribution in [0.25, 0.3) is 11.4 Å². The first-order valence-corrected chi connectivity index (χ1v) is 6.89. The van der Waals surface area contributed by atoms with E-state index in [2.05, 4.69) is 9.97 Å². The van der Waals surface area contributed by atoms with Crippen LogP contribution in [0.2, 0.25) is 0 Å². The lowest BCUT2D eigenvalue weighted by atomic mass is 10.1. The number of fused-ring (bicyclic) bond motifs is 2. The highest BCUT2D eigenvalue weighted by Gasteiger charge is 2.23. The van der Waals surface area contributed by atoms with Crippen LogP contribution < -0.4 is 19.9 Å². The van der Waals surface area contributed by atoms with Gasteiger partial charge in [-0.2, -0.15) is 0 Å². The Hall–Kier alpha value is -2.50. The molecule has 0 saturated carbocycles. The van der Waals surface area contributed by atoms with E-state index >= 15 is 0 Å². The Labute approximate surface area is 121 Å². The second-order valence-corrected chi connectivity index (χ2v) is 5.12. The van der Waals surface area contributed by atoms with Gasteiger partial charge in [0, 0.05) is 16.8 Å². The monoisotopic (exact) mass is 285 g/mol. The number of aromatic nitrogens is 2. The van der Waals surface area contributed by atoms with Gasteiger partial charge < -0.3 is 19.9 Å². The molecule has 1 aliphatic carbocycles. The van der Waals surface area contributed by atoms with E-state index in [0.29, 0.717) is 28.9 Å². The van der Waals surface area contributed by atoms with E-state index < -0.39 is 0 Å². The molecule has 4 rings (SSSR count). The Balaban J connectivity index is 1.86. The fraction of sp³-hybridized carbons (Fsp3) is 0.333. The maximum absolute atomic E-state index is 6.06. The molecule has 0 radical (unpaired) electrons. The smallest absolute Gasteiger partial charge is 0.231 e. The summed E-state index contributed by atoms with van der Waals surface area (Å²) in [5.74, 6) is 3.05. The summed E-state index contributed by atoms with van der Waals surface area (Å²) >= 11 is 0. The van der Waals surface area contributed by atoms with E-state index in [9.17, 15) is 0 Å². The van der Waals surface area contributed by atoms with Gasteiger partial charge in [-0.3, -0.25) is 0 Å². The third-order valence-corrected chi connectivity index (χ3v) is 3.88. The Morgan fingerprint density at radius 2 is 2.10 bits per heavy atom. The topological polar surface area (TPSA) is 79.5 Å². The largest absolute Gasteiger partial charge is 0.493 e. The standard InChI is InChI=1S/C15H15N3O3/c1-19-11-5-8(6-12-13(11)21-7-20-12)15-17-10-4-2-3-9(10)14(16)18-15/h5-6H,2-4,7H2,1H3,(H2,16,17,18). The van der Waals surface area contributed by atoms with Crippen molar-refractivity contribution in [3.05, 3.63) is 23.4 Å². The van der Waals surface area contributed by atoms with Crippen molar-refractivity contribution in [1.29, 1.82) is 0 Å². The minimum Gasteiger partial charge on any atom is -0.493 e. The lowest BCUT2D eigenvalue weighted by Gasteiger charge is -2.10. The zero-order chi connectivity index (χ0) is 14.4. The highest BCUT2D eigenvalue weighted by Crippen LogP contribution is 2.44. The number of hydrogen-bond donors (Lipinski definition) is 1. The molecule has 0 saturated heterocycles. The molecular weight excluding hydrogens is 270 g/mol. The Morgan fingerprint density at radius 1 is 1.19 bits per heavy atom. The van der Waals surface area contributed by atoms with Crippen LogP contribution in [-0.4, -0.2) is 23.9 Å². The van der Waals surface area contributed by atoms with E-state index in [1.54, 1.807) is 7.11 Å². The van der Waals surface area contributed by atoms with Crippen molar-refractivity contribution < 1.29 is 14.2 Å². The summed E-state index contributed by atoms with van der Waals surface area (Å²) in [5.41, 5.74) is 9.01. The summed E-state index contributed by atoms with van der Waals surface area (Å²) in [7, 11) is 1.60. The molecule has 6 heteroatoms. The van der Waals surface area contributed by atoms with E-state index in [-0.39, 0.29) is 6.79 Å². The fourth-order valence-corrected chi connectivity index (χ4v) is 2.85. The Kier molecular flexibility index (Phi) is 2.63. The molecule has 0 atom stereocenters. The maximum Gasteiger partial charge on any atom is 0.231 e. The molecule has 0 amide bonds. The van der Waals surface area contributed by atoms with Crippen molar-refractivity contribution in [2.45, 2.75) is 19.3 Å². The molecule has 2 aliphatic rings. The van der Waals surface area contributed by atoms with E-state index in [1.807, 2.05) is 12.1 Å². The van der Waals surface area contributed by atoms with Gasteiger partial charge in [-0.15, -0.1) is 0 Å². The predicted molar refractivity (Wildman–Crippen MR) is 76.6 cm³/mol. The number of hydrogen-bond acceptors (Lipinski definition) is 6. The van der Waals surface area contributed by atoms with Gasteiger partial charge in [-0.1, -0.05) is 0 Å². The molecule has 1 aliphatic heterocycles. The average Bonchev–Trinajstić information content (AvgIpc) is 3.14. The van der Waals surface area contributed by atoms with E-state index in [0.717, 1.165) is 36.1 Å². The van der Waals surface area contributed by atoms with Crippen LogP contribution in [-0.2, 0) is 12.8 Å². The minimum absolute atomic E-state index is 0.197. The molecule has 0 spiro atoms. The maximum atomic E-state index is 6.06. The lowest BCUT2D eigenvalue weighted by molar-refractivity contribution is 0.171. The summed E-state index contributed by atoms with van der Waals surface area (Å²) < 4.78 is 16.2. The third kappa shape index (κ3) is 1.86. The normalized spacial score (nSPS) is 15.1. The molecular formula is C15H15N3O3. The van der Waals surface area contributed by atoms with E-state index in [4.69, 9.17) is 19.9 Å². The highest BCUT2D eigenvalue weighted by molar-refractivity contribution is 5.68. The lowest BCUT2D eigenvalue weighted by Crippen LogP contribution is -2.03. The molecule has 0 unspecified atom stereocenters. The van der Waals surface area contributed by atoms with Crippen molar-refractivity contribution >= 4 is 5.82 Å². The quantitative estimate of drug-likeness (QED) is 0.908. The average molecular weight is 285 g/mol. The molecule has 108 valence electrons. The zero-order valence-corrected chi connectivity index (χ0v) is 11.7. The van der Waals surface area contributed by atoms with Crippen LogP contribution >= 0.6 is 0 Å². The van der Waals surface area contributed by atoms with Crippen LogP contribution in [0.5, 0.6) is 17.2 Å². The number of nitrogens with zero attached hydrogens (tertiary/aromatic N) is 2. The zero-order valence-electron chi connectivity index (χ0n) is 11.7. The second kappa shape index (κ2) is 4.51. The summed E-state index contributed by atoms with van der Waals surface area (Å²) in [6.07, 6.45) is 3.00. The number of aryl methyl sites for hydroxylation is 1. The first-order chi connectivity index (χ1) is 10.3. The molecule has 0 fully saturated rings. The predicted octanol–water partition coefficient (Wildman–Crippen LogP) is 1.95. The third-order valence-electron chi connectivity index (χ3n) is 3.88. The van der Waals surface area contributed by atoms with Gasteiger partial charge in [0.2, 0.25) is 12.5 Å². The van der Waals surface area contributed by atoms with Gasteiger partial charge in [0.05, 0.1) is 7.11 Å². The molecule has 1 aromatic carbocycles. The highest BCUT2D eigenvalue weighted by atomic mass is 16.7. The molecule has 2 heterocycles.